The fourth-order valence-electron chi connectivity index (χ4n) is 1.70. The van der Waals surface area contributed by atoms with E-state index in [2.05, 4.69) is 0 Å². The average Bonchev–Trinajstić information content (AvgIpc) is 2.17. The minimum atomic E-state index is -1.26. The predicted molar refractivity (Wildman–Crippen MR) is 54.3 cm³/mol. The number of carboxylic acids is 1. The van der Waals surface area contributed by atoms with Crippen molar-refractivity contribution in [2.75, 3.05) is 0 Å². The lowest BCUT2D eigenvalue weighted by molar-refractivity contribution is -0.132. The number of aliphatic carboxylic acids is 1. The smallest absolute Gasteiger partial charge is 0.341 e. The van der Waals surface area contributed by atoms with Gasteiger partial charge in [0.1, 0.15) is 11.3 Å². The second-order valence-electron chi connectivity index (χ2n) is 3.34. The van der Waals surface area contributed by atoms with Crippen LogP contribution < -0.4 is 0 Å². The maximum absolute atomic E-state index is 10.8. The minimum absolute atomic E-state index is 0.123. The van der Waals surface area contributed by atoms with E-state index in [-0.39, 0.29) is 23.5 Å². The Balaban J connectivity index is 2.58. The SMILES string of the molecule is N=C1C(C(=O)O)=C(O)Cc2ccccc21. The monoisotopic (exact) mass is 203 g/mol. The molecule has 1 aliphatic carbocycles. The summed E-state index contributed by atoms with van der Waals surface area (Å²) in [4.78, 5) is 10.8. The van der Waals surface area contributed by atoms with Gasteiger partial charge in [0.2, 0.25) is 0 Å². The van der Waals surface area contributed by atoms with Gasteiger partial charge in [0, 0.05) is 12.0 Å². The highest BCUT2D eigenvalue weighted by Gasteiger charge is 2.27. The number of aliphatic hydroxyl groups excluding tert-OH is 1. The van der Waals surface area contributed by atoms with Gasteiger partial charge in [0.05, 0.1) is 5.71 Å². The van der Waals surface area contributed by atoms with E-state index in [0.29, 0.717) is 5.56 Å². The molecule has 15 heavy (non-hydrogen) atoms. The molecule has 4 nitrogen and oxygen atoms in total. The van der Waals surface area contributed by atoms with Crippen LogP contribution in [0.3, 0.4) is 0 Å². The second-order valence-corrected chi connectivity index (χ2v) is 3.34. The lowest BCUT2D eigenvalue weighted by Crippen LogP contribution is -2.22. The molecule has 0 atom stereocenters. The zero-order valence-corrected chi connectivity index (χ0v) is 7.82. The van der Waals surface area contributed by atoms with Crippen molar-refractivity contribution in [1.29, 1.82) is 5.41 Å². The quantitative estimate of drug-likeness (QED) is 0.647. The Morgan fingerprint density at radius 3 is 2.67 bits per heavy atom. The fourth-order valence-corrected chi connectivity index (χ4v) is 1.70. The molecule has 2 rings (SSSR count). The third kappa shape index (κ3) is 1.40. The number of fused-ring (bicyclic) bond motifs is 1. The standard InChI is InChI=1S/C11H9NO3/c12-10-7-4-2-1-3-6(7)5-8(13)9(10)11(14)15/h1-4,12-13H,5H2,(H,14,15). The van der Waals surface area contributed by atoms with E-state index in [1.807, 2.05) is 0 Å². The first-order valence-electron chi connectivity index (χ1n) is 4.44. The maximum atomic E-state index is 10.8. The van der Waals surface area contributed by atoms with Gasteiger partial charge in [-0.1, -0.05) is 24.3 Å². The summed E-state index contributed by atoms with van der Waals surface area (Å²) < 4.78 is 0. The van der Waals surface area contributed by atoms with Gasteiger partial charge < -0.3 is 10.2 Å². The third-order valence-electron chi connectivity index (χ3n) is 2.40. The predicted octanol–water partition coefficient (Wildman–Crippen LogP) is 1.51. The first kappa shape index (κ1) is 9.45. The van der Waals surface area contributed by atoms with Gasteiger partial charge in [-0.25, -0.2) is 4.79 Å². The number of benzene rings is 1. The second kappa shape index (κ2) is 3.24. The molecule has 0 heterocycles. The van der Waals surface area contributed by atoms with Crippen LogP contribution >= 0.6 is 0 Å². The number of carbonyl (C=O) groups is 1. The summed E-state index contributed by atoms with van der Waals surface area (Å²) >= 11 is 0. The van der Waals surface area contributed by atoms with Gasteiger partial charge in [-0.3, -0.25) is 5.41 Å². The highest BCUT2D eigenvalue weighted by atomic mass is 16.4. The number of nitrogens with one attached hydrogen (secondary N) is 1. The van der Waals surface area contributed by atoms with E-state index in [1.165, 1.54) is 0 Å². The zero-order chi connectivity index (χ0) is 11.0. The molecule has 0 bridgehead atoms. The Morgan fingerprint density at radius 1 is 1.33 bits per heavy atom. The minimum Gasteiger partial charge on any atom is -0.511 e. The first-order chi connectivity index (χ1) is 7.11. The molecule has 0 aromatic heterocycles. The topological polar surface area (TPSA) is 81.4 Å². The summed E-state index contributed by atoms with van der Waals surface area (Å²) in [5, 5.41) is 26.1. The van der Waals surface area contributed by atoms with Crippen molar-refractivity contribution in [3.05, 3.63) is 46.7 Å². The number of hydrogen-bond donors (Lipinski definition) is 3. The van der Waals surface area contributed by atoms with E-state index in [4.69, 9.17) is 10.5 Å². The molecule has 4 heteroatoms. The fraction of sp³-hybridized carbons (Fsp3) is 0.0909. The van der Waals surface area contributed by atoms with Crippen molar-refractivity contribution >= 4 is 11.7 Å². The van der Waals surface area contributed by atoms with Gasteiger partial charge in [-0.2, -0.15) is 0 Å². The molecule has 1 aromatic carbocycles. The maximum Gasteiger partial charge on any atom is 0.341 e. The molecule has 0 fully saturated rings. The Kier molecular flexibility index (Phi) is 2.04. The van der Waals surface area contributed by atoms with Crippen LogP contribution in [0, 0.1) is 5.41 Å². The van der Waals surface area contributed by atoms with E-state index < -0.39 is 5.97 Å². The van der Waals surface area contributed by atoms with Gasteiger partial charge in [-0.05, 0) is 5.56 Å². The van der Waals surface area contributed by atoms with E-state index in [1.54, 1.807) is 24.3 Å². The number of carboxylic acid groups (broad SMARTS) is 1. The van der Waals surface area contributed by atoms with Crippen LogP contribution in [0.25, 0.3) is 0 Å². The van der Waals surface area contributed by atoms with Crippen LogP contribution in [0.1, 0.15) is 11.1 Å². The number of rotatable bonds is 1. The Bertz CT molecular complexity index is 488. The normalized spacial score (nSPS) is 15.1. The largest absolute Gasteiger partial charge is 0.511 e. The molecule has 0 spiro atoms. The lowest BCUT2D eigenvalue weighted by Gasteiger charge is -2.17. The van der Waals surface area contributed by atoms with E-state index in [9.17, 15) is 9.90 Å². The van der Waals surface area contributed by atoms with Crippen molar-refractivity contribution < 1.29 is 15.0 Å². The Hall–Kier alpha value is -2.10. The molecule has 76 valence electrons. The van der Waals surface area contributed by atoms with Crippen molar-refractivity contribution in [1.82, 2.24) is 0 Å². The van der Waals surface area contributed by atoms with Gasteiger partial charge >= 0.3 is 5.97 Å². The van der Waals surface area contributed by atoms with Crippen molar-refractivity contribution in [2.24, 2.45) is 0 Å². The van der Waals surface area contributed by atoms with E-state index >= 15 is 0 Å². The van der Waals surface area contributed by atoms with Crippen LogP contribution in [0.5, 0.6) is 0 Å². The number of allylic oxidation sites excluding steroid dienone is 1. The van der Waals surface area contributed by atoms with Gasteiger partial charge in [0.25, 0.3) is 0 Å². The molecular formula is C11H9NO3. The summed E-state index contributed by atoms with van der Waals surface area (Å²) in [5.74, 6) is -1.50. The number of aliphatic hydroxyl groups is 1. The van der Waals surface area contributed by atoms with Gasteiger partial charge in [-0.15, -0.1) is 0 Å². The van der Waals surface area contributed by atoms with Crippen LogP contribution in [-0.4, -0.2) is 21.9 Å². The van der Waals surface area contributed by atoms with Crippen molar-refractivity contribution in [2.45, 2.75) is 6.42 Å². The molecule has 0 radical (unpaired) electrons. The average molecular weight is 203 g/mol. The highest BCUT2D eigenvalue weighted by molar-refractivity contribution is 6.26. The summed E-state index contributed by atoms with van der Waals surface area (Å²) in [6, 6.07) is 7.01. The third-order valence-corrected chi connectivity index (χ3v) is 2.40. The van der Waals surface area contributed by atoms with Crippen molar-refractivity contribution in [3.8, 4) is 0 Å². The number of hydrogen-bond acceptors (Lipinski definition) is 3. The van der Waals surface area contributed by atoms with Crippen molar-refractivity contribution in [3.63, 3.8) is 0 Å². The van der Waals surface area contributed by atoms with Crippen LogP contribution in [0.15, 0.2) is 35.6 Å². The Labute approximate surface area is 86.0 Å². The molecule has 0 saturated heterocycles. The molecular weight excluding hydrogens is 194 g/mol. The summed E-state index contributed by atoms with van der Waals surface area (Å²) in [5.41, 5.74) is 0.938. The molecule has 0 unspecified atom stereocenters. The molecule has 0 saturated carbocycles. The lowest BCUT2D eigenvalue weighted by atomic mass is 9.88. The summed E-state index contributed by atoms with van der Waals surface area (Å²) in [6.07, 6.45) is 0.181. The Morgan fingerprint density at radius 2 is 2.00 bits per heavy atom. The molecule has 1 aromatic rings. The summed E-state index contributed by atoms with van der Waals surface area (Å²) in [7, 11) is 0. The van der Waals surface area contributed by atoms with Gasteiger partial charge in [0.15, 0.2) is 0 Å². The molecule has 1 aliphatic rings. The van der Waals surface area contributed by atoms with Crippen LogP contribution in [0.4, 0.5) is 0 Å². The van der Waals surface area contributed by atoms with Crippen LogP contribution in [-0.2, 0) is 11.2 Å². The molecule has 3 N–H and O–H groups in total. The first-order valence-corrected chi connectivity index (χ1v) is 4.44. The highest BCUT2D eigenvalue weighted by Crippen LogP contribution is 2.24. The zero-order valence-electron chi connectivity index (χ0n) is 7.82. The summed E-state index contributed by atoms with van der Waals surface area (Å²) in [6.45, 7) is 0. The molecule has 0 aliphatic heterocycles. The molecule has 0 amide bonds. The van der Waals surface area contributed by atoms with E-state index in [0.717, 1.165) is 5.56 Å². The van der Waals surface area contributed by atoms with Crippen LogP contribution in [0.2, 0.25) is 0 Å².